The standard InChI is InChI=1S/C34H51NO7S/c1-4-5-6-7-8-9-10-11-12-13-14-15-16-17-18-19-26-42-29-22-20-28(21-23-29)33(37)30-24-25-31(43(38,39)40)34(41-3)32(30)35-27(2)36/h20-25H,4-19,26H2,1-3H3,(H,35,36)(H,38,39,40). The molecule has 0 unspecified atom stereocenters. The molecule has 0 heterocycles. The predicted molar refractivity (Wildman–Crippen MR) is 172 cm³/mol. The Labute approximate surface area is 258 Å². The lowest BCUT2D eigenvalue weighted by Gasteiger charge is -2.16. The summed E-state index contributed by atoms with van der Waals surface area (Å²) >= 11 is 0. The minimum absolute atomic E-state index is 0.0290. The number of amides is 1. The minimum Gasteiger partial charge on any atom is -0.494 e. The number of nitrogens with one attached hydrogen (secondary N) is 1. The summed E-state index contributed by atoms with van der Waals surface area (Å²) in [5, 5.41) is 2.46. The highest BCUT2D eigenvalue weighted by Crippen LogP contribution is 2.36. The number of benzene rings is 2. The Bertz CT molecular complexity index is 1230. The maximum absolute atomic E-state index is 13.3. The summed E-state index contributed by atoms with van der Waals surface area (Å²) in [6.45, 7) is 4.09. The Hall–Kier alpha value is -2.91. The Balaban J connectivity index is 1.70. The Morgan fingerprint density at radius 1 is 0.744 bits per heavy atom. The molecule has 2 aromatic rings. The largest absolute Gasteiger partial charge is 0.494 e. The minimum atomic E-state index is -4.65. The molecule has 8 nitrogen and oxygen atoms in total. The molecule has 2 rings (SSSR count). The molecule has 0 spiro atoms. The Morgan fingerprint density at radius 3 is 1.67 bits per heavy atom. The molecule has 0 saturated carbocycles. The van der Waals surface area contributed by atoms with Crippen LogP contribution < -0.4 is 14.8 Å². The molecule has 1 amide bonds. The van der Waals surface area contributed by atoms with E-state index >= 15 is 0 Å². The van der Waals surface area contributed by atoms with Crippen LogP contribution in [0.1, 0.15) is 133 Å². The number of rotatable bonds is 23. The molecule has 0 atom stereocenters. The van der Waals surface area contributed by atoms with Gasteiger partial charge in [-0.1, -0.05) is 103 Å². The first kappa shape index (κ1) is 36.3. The lowest BCUT2D eigenvalue weighted by molar-refractivity contribution is -0.114. The summed E-state index contributed by atoms with van der Waals surface area (Å²) in [5.74, 6) is -0.646. The molecule has 0 aliphatic carbocycles. The highest BCUT2D eigenvalue weighted by atomic mass is 32.2. The van der Waals surface area contributed by atoms with Crippen LogP contribution in [0.2, 0.25) is 0 Å². The van der Waals surface area contributed by atoms with E-state index in [1.807, 2.05) is 0 Å². The first-order valence-electron chi connectivity index (χ1n) is 15.9. The fraction of sp³-hybridized carbons (Fsp3) is 0.588. The summed E-state index contributed by atoms with van der Waals surface area (Å²) in [6, 6.07) is 8.96. The Kier molecular flexibility index (Phi) is 17.0. The van der Waals surface area contributed by atoms with Crippen LogP contribution in [0.4, 0.5) is 5.69 Å². The zero-order valence-electron chi connectivity index (χ0n) is 26.3. The van der Waals surface area contributed by atoms with E-state index < -0.39 is 26.7 Å². The maximum Gasteiger partial charge on any atom is 0.298 e. The molecule has 0 radical (unpaired) electrons. The number of hydrogen-bond donors (Lipinski definition) is 2. The SMILES string of the molecule is CCCCCCCCCCCCCCCCCCOc1ccc(C(=O)c2ccc(S(=O)(=O)O)c(OC)c2NC(C)=O)cc1. The number of carbonyl (C=O) groups excluding carboxylic acids is 2. The van der Waals surface area contributed by atoms with Crippen LogP contribution in [0.5, 0.6) is 11.5 Å². The monoisotopic (exact) mass is 617 g/mol. The van der Waals surface area contributed by atoms with E-state index in [2.05, 4.69) is 12.2 Å². The average molecular weight is 618 g/mol. The van der Waals surface area contributed by atoms with Crippen molar-refractivity contribution in [3.8, 4) is 11.5 Å². The fourth-order valence-electron chi connectivity index (χ4n) is 5.16. The topological polar surface area (TPSA) is 119 Å². The van der Waals surface area contributed by atoms with Crippen molar-refractivity contribution in [3.05, 3.63) is 47.5 Å². The molecule has 0 aliphatic heterocycles. The van der Waals surface area contributed by atoms with Crippen LogP contribution in [-0.4, -0.2) is 38.4 Å². The molecule has 2 aromatic carbocycles. The van der Waals surface area contributed by atoms with Crippen LogP contribution >= 0.6 is 0 Å². The molecule has 0 fully saturated rings. The second-order valence-electron chi connectivity index (χ2n) is 11.2. The zero-order chi connectivity index (χ0) is 31.5. The van der Waals surface area contributed by atoms with Crippen LogP contribution in [0.25, 0.3) is 0 Å². The van der Waals surface area contributed by atoms with Gasteiger partial charge in [0.2, 0.25) is 5.91 Å². The second kappa shape index (κ2) is 20.1. The quantitative estimate of drug-likeness (QED) is 0.0727. The van der Waals surface area contributed by atoms with Crippen molar-refractivity contribution in [2.24, 2.45) is 0 Å². The zero-order valence-corrected chi connectivity index (χ0v) is 27.1. The van der Waals surface area contributed by atoms with Crippen LogP contribution in [-0.2, 0) is 14.9 Å². The predicted octanol–water partition coefficient (Wildman–Crippen LogP) is 8.77. The van der Waals surface area contributed by atoms with Crippen molar-refractivity contribution in [1.82, 2.24) is 0 Å². The van der Waals surface area contributed by atoms with E-state index in [4.69, 9.17) is 9.47 Å². The summed E-state index contributed by atoms with van der Waals surface area (Å²) in [5.41, 5.74) is 0.225. The van der Waals surface area contributed by atoms with Gasteiger partial charge in [0.05, 0.1) is 19.4 Å². The van der Waals surface area contributed by atoms with E-state index in [0.29, 0.717) is 17.9 Å². The molecule has 0 aromatic heterocycles. The number of ether oxygens (including phenoxy) is 2. The number of anilines is 1. The number of carbonyl (C=O) groups is 2. The van der Waals surface area contributed by atoms with E-state index in [0.717, 1.165) is 18.9 Å². The first-order valence-corrected chi connectivity index (χ1v) is 17.4. The molecule has 0 bridgehead atoms. The first-order chi connectivity index (χ1) is 20.7. The smallest absolute Gasteiger partial charge is 0.298 e. The molecule has 0 saturated heterocycles. The van der Waals surface area contributed by atoms with E-state index in [1.54, 1.807) is 24.3 Å². The molecule has 2 N–H and O–H groups in total. The van der Waals surface area contributed by atoms with Crippen molar-refractivity contribution in [2.75, 3.05) is 19.0 Å². The summed E-state index contributed by atoms with van der Waals surface area (Å²) in [7, 11) is -3.46. The van der Waals surface area contributed by atoms with Crippen molar-refractivity contribution in [2.45, 2.75) is 121 Å². The number of hydrogen-bond acceptors (Lipinski definition) is 6. The lowest BCUT2D eigenvalue weighted by atomic mass is 10.0. The van der Waals surface area contributed by atoms with Crippen LogP contribution in [0.3, 0.4) is 0 Å². The third kappa shape index (κ3) is 13.5. The van der Waals surface area contributed by atoms with E-state index in [1.165, 1.54) is 110 Å². The van der Waals surface area contributed by atoms with Crippen LogP contribution in [0.15, 0.2) is 41.3 Å². The number of ketones is 1. The van der Waals surface area contributed by atoms with Gasteiger partial charge in [0.15, 0.2) is 11.5 Å². The lowest BCUT2D eigenvalue weighted by Crippen LogP contribution is -2.15. The van der Waals surface area contributed by atoms with Gasteiger partial charge in [0, 0.05) is 18.1 Å². The second-order valence-corrected chi connectivity index (χ2v) is 12.6. The third-order valence-corrected chi connectivity index (χ3v) is 8.41. The summed E-state index contributed by atoms with van der Waals surface area (Å²) in [4.78, 5) is 24.5. The highest BCUT2D eigenvalue weighted by Gasteiger charge is 2.26. The third-order valence-electron chi connectivity index (χ3n) is 7.53. The van der Waals surface area contributed by atoms with Gasteiger partial charge in [-0.05, 0) is 42.8 Å². The fourth-order valence-corrected chi connectivity index (χ4v) is 5.82. The van der Waals surface area contributed by atoms with Gasteiger partial charge in [0.1, 0.15) is 10.6 Å². The average Bonchev–Trinajstić information content (AvgIpc) is 2.97. The van der Waals surface area contributed by atoms with Gasteiger partial charge < -0.3 is 14.8 Å². The van der Waals surface area contributed by atoms with Gasteiger partial charge in [-0.25, -0.2) is 0 Å². The van der Waals surface area contributed by atoms with Crippen molar-refractivity contribution in [1.29, 1.82) is 0 Å². The molecule has 9 heteroatoms. The summed E-state index contributed by atoms with van der Waals surface area (Å²) in [6.07, 6.45) is 21.1. The normalized spacial score (nSPS) is 11.3. The maximum atomic E-state index is 13.3. The number of methoxy groups -OCH3 is 1. The van der Waals surface area contributed by atoms with Crippen molar-refractivity contribution >= 4 is 27.5 Å². The van der Waals surface area contributed by atoms with Gasteiger partial charge >= 0.3 is 0 Å². The van der Waals surface area contributed by atoms with Gasteiger partial charge in [-0.3, -0.25) is 14.1 Å². The van der Waals surface area contributed by atoms with Crippen molar-refractivity contribution in [3.63, 3.8) is 0 Å². The van der Waals surface area contributed by atoms with Gasteiger partial charge in [-0.2, -0.15) is 8.42 Å². The van der Waals surface area contributed by atoms with E-state index in [-0.39, 0.29) is 17.0 Å². The van der Waals surface area contributed by atoms with Crippen LogP contribution in [0, 0.1) is 0 Å². The molecule has 0 aliphatic rings. The van der Waals surface area contributed by atoms with Crippen molar-refractivity contribution < 1.29 is 32.0 Å². The van der Waals surface area contributed by atoms with Gasteiger partial charge in [0.25, 0.3) is 10.1 Å². The molecular weight excluding hydrogens is 566 g/mol. The summed E-state index contributed by atoms with van der Waals surface area (Å²) < 4.78 is 44.1. The number of unbranched alkanes of at least 4 members (excludes halogenated alkanes) is 15. The Morgan fingerprint density at radius 2 is 1.23 bits per heavy atom. The highest BCUT2D eigenvalue weighted by molar-refractivity contribution is 7.86. The van der Waals surface area contributed by atoms with Gasteiger partial charge in [-0.15, -0.1) is 0 Å². The molecule has 43 heavy (non-hydrogen) atoms. The molecular formula is C34H51NO7S. The molecule has 240 valence electrons. The van der Waals surface area contributed by atoms with E-state index in [9.17, 15) is 22.6 Å².